The minimum atomic E-state index is -3.40. The summed E-state index contributed by atoms with van der Waals surface area (Å²) < 4.78 is 27.9. The largest absolute Gasteiger partial charge is 0.337 e. The molecule has 0 radical (unpaired) electrons. The molecule has 0 spiro atoms. The Kier molecular flexibility index (Phi) is 6.41. The van der Waals surface area contributed by atoms with Gasteiger partial charge in [0.25, 0.3) is 0 Å². The molecular formula is C23H27N3O3S2. The van der Waals surface area contributed by atoms with Gasteiger partial charge in [0.05, 0.1) is 21.2 Å². The van der Waals surface area contributed by atoms with Gasteiger partial charge in [0.2, 0.25) is 15.9 Å². The van der Waals surface area contributed by atoms with E-state index in [-0.39, 0.29) is 11.9 Å². The number of carbonyl (C=O) groups excluding carboxylic acids is 1. The number of nitrogens with zero attached hydrogens (tertiary/aromatic N) is 3. The molecule has 1 saturated heterocycles. The number of hydrogen-bond acceptors (Lipinski definition) is 5. The zero-order chi connectivity index (χ0) is 22.0. The molecule has 0 unspecified atom stereocenters. The molecule has 2 heterocycles. The van der Waals surface area contributed by atoms with Crippen molar-refractivity contribution in [2.45, 2.75) is 43.5 Å². The molecule has 0 saturated carbocycles. The van der Waals surface area contributed by atoms with Crippen molar-refractivity contribution in [1.82, 2.24) is 14.2 Å². The highest BCUT2D eigenvalue weighted by atomic mass is 32.2. The second kappa shape index (κ2) is 9.06. The van der Waals surface area contributed by atoms with Gasteiger partial charge >= 0.3 is 0 Å². The standard InChI is InChI=1S/C23H27N3O3S2/c1-17(23-24-20-7-3-4-8-21(20)30-23)25(2)22(27)14-11-18-9-12-19(13-10-18)31(28,29)26-15-5-6-16-26/h3-4,7-10,12-13,17H,5-6,11,14-16H2,1-2H3/t17-/m1/s1. The summed E-state index contributed by atoms with van der Waals surface area (Å²) in [6, 6.07) is 14.8. The van der Waals surface area contributed by atoms with Gasteiger partial charge in [0.1, 0.15) is 5.01 Å². The van der Waals surface area contributed by atoms with Gasteiger partial charge in [0.15, 0.2) is 0 Å². The summed E-state index contributed by atoms with van der Waals surface area (Å²) in [5.74, 6) is 0.0421. The highest BCUT2D eigenvalue weighted by molar-refractivity contribution is 7.89. The third-order valence-corrected chi connectivity index (χ3v) is 9.02. The van der Waals surface area contributed by atoms with Gasteiger partial charge < -0.3 is 4.90 Å². The highest BCUT2D eigenvalue weighted by Gasteiger charge is 2.27. The molecule has 8 heteroatoms. The number of fused-ring (bicyclic) bond motifs is 1. The second-order valence-corrected chi connectivity index (χ2v) is 11.0. The zero-order valence-electron chi connectivity index (χ0n) is 17.8. The van der Waals surface area contributed by atoms with E-state index in [4.69, 9.17) is 0 Å². The predicted molar refractivity (Wildman–Crippen MR) is 124 cm³/mol. The fourth-order valence-electron chi connectivity index (χ4n) is 3.78. The SMILES string of the molecule is C[C@H](c1nc2ccccc2s1)N(C)C(=O)CCc1ccc(S(=O)(=O)N2CCCC2)cc1. The van der Waals surface area contributed by atoms with Crippen molar-refractivity contribution in [3.05, 3.63) is 59.1 Å². The van der Waals surface area contributed by atoms with Crippen LogP contribution in [-0.2, 0) is 21.2 Å². The van der Waals surface area contributed by atoms with Crippen molar-refractivity contribution in [2.75, 3.05) is 20.1 Å². The lowest BCUT2D eigenvalue weighted by Crippen LogP contribution is -2.29. The molecule has 6 nitrogen and oxygen atoms in total. The molecule has 0 bridgehead atoms. The lowest BCUT2D eigenvalue weighted by molar-refractivity contribution is -0.131. The molecule has 4 rings (SSSR count). The number of para-hydroxylation sites is 1. The molecular weight excluding hydrogens is 430 g/mol. The summed E-state index contributed by atoms with van der Waals surface area (Å²) >= 11 is 1.61. The Labute approximate surface area is 187 Å². The van der Waals surface area contributed by atoms with Crippen LogP contribution in [0.5, 0.6) is 0 Å². The molecule has 164 valence electrons. The van der Waals surface area contributed by atoms with Crippen LogP contribution >= 0.6 is 11.3 Å². The molecule has 1 amide bonds. The van der Waals surface area contributed by atoms with Crippen LogP contribution in [0.15, 0.2) is 53.4 Å². The van der Waals surface area contributed by atoms with E-state index in [1.54, 1.807) is 32.7 Å². The Morgan fingerprint density at radius 1 is 1.13 bits per heavy atom. The number of rotatable bonds is 7. The smallest absolute Gasteiger partial charge is 0.243 e. The number of hydrogen-bond donors (Lipinski definition) is 0. The molecule has 1 atom stereocenters. The van der Waals surface area contributed by atoms with E-state index in [2.05, 4.69) is 4.98 Å². The number of sulfonamides is 1. The fraction of sp³-hybridized carbons (Fsp3) is 0.391. The van der Waals surface area contributed by atoms with Gasteiger partial charge in [-0.3, -0.25) is 4.79 Å². The summed E-state index contributed by atoms with van der Waals surface area (Å²) in [5, 5.41) is 0.925. The van der Waals surface area contributed by atoms with E-state index in [1.165, 1.54) is 0 Å². The van der Waals surface area contributed by atoms with E-state index in [0.29, 0.717) is 30.8 Å². The summed E-state index contributed by atoms with van der Waals surface area (Å²) in [4.78, 5) is 19.5. The van der Waals surface area contributed by atoms with Crippen molar-refractivity contribution in [2.24, 2.45) is 0 Å². The van der Waals surface area contributed by atoms with E-state index < -0.39 is 10.0 Å². The molecule has 1 aliphatic rings. The molecule has 3 aromatic rings. The number of thiazole rings is 1. The van der Waals surface area contributed by atoms with Crippen LogP contribution in [0.3, 0.4) is 0 Å². The van der Waals surface area contributed by atoms with Crippen molar-refractivity contribution < 1.29 is 13.2 Å². The zero-order valence-corrected chi connectivity index (χ0v) is 19.5. The first-order chi connectivity index (χ1) is 14.9. The normalized spacial score (nSPS) is 15.9. The van der Waals surface area contributed by atoms with Gasteiger partial charge in [0, 0.05) is 26.6 Å². The Morgan fingerprint density at radius 2 is 1.81 bits per heavy atom. The number of aryl methyl sites for hydroxylation is 1. The van der Waals surface area contributed by atoms with Crippen LogP contribution in [0.2, 0.25) is 0 Å². The third-order valence-electron chi connectivity index (χ3n) is 5.90. The van der Waals surface area contributed by atoms with Crippen LogP contribution in [0.25, 0.3) is 10.2 Å². The molecule has 31 heavy (non-hydrogen) atoms. The average Bonchev–Trinajstić information content (AvgIpc) is 3.47. The minimum absolute atomic E-state index is 0.0421. The lowest BCUT2D eigenvalue weighted by Gasteiger charge is -2.23. The van der Waals surface area contributed by atoms with Crippen molar-refractivity contribution in [3.8, 4) is 0 Å². The Bertz CT molecular complexity index is 1130. The van der Waals surface area contributed by atoms with Crippen LogP contribution in [0.1, 0.15) is 42.8 Å². The first-order valence-corrected chi connectivity index (χ1v) is 12.8. The highest BCUT2D eigenvalue weighted by Crippen LogP contribution is 2.29. The maximum atomic E-state index is 12.7. The summed E-state index contributed by atoms with van der Waals surface area (Å²) in [6.45, 7) is 3.18. The van der Waals surface area contributed by atoms with Crippen molar-refractivity contribution in [1.29, 1.82) is 0 Å². The Balaban J connectivity index is 1.36. The first kappa shape index (κ1) is 21.9. The number of benzene rings is 2. The topological polar surface area (TPSA) is 70.6 Å². The van der Waals surface area contributed by atoms with Gasteiger partial charge in [-0.2, -0.15) is 4.31 Å². The van der Waals surface area contributed by atoms with Crippen molar-refractivity contribution in [3.63, 3.8) is 0 Å². The molecule has 0 N–H and O–H groups in total. The summed E-state index contributed by atoms with van der Waals surface area (Å²) in [7, 11) is -1.59. The van der Waals surface area contributed by atoms with Crippen LogP contribution in [0.4, 0.5) is 0 Å². The van der Waals surface area contributed by atoms with E-state index in [9.17, 15) is 13.2 Å². The van der Waals surface area contributed by atoms with E-state index in [1.807, 2.05) is 50.4 Å². The van der Waals surface area contributed by atoms with Gasteiger partial charge in [-0.25, -0.2) is 13.4 Å². The molecule has 1 fully saturated rings. The number of aromatic nitrogens is 1. The average molecular weight is 458 g/mol. The van der Waals surface area contributed by atoms with E-state index in [0.717, 1.165) is 33.6 Å². The Morgan fingerprint density at radius 3 is 2.48 bits per heavy atom. The molecule has 1 aromatic heterocycles. The maximum Gasteiger partial charge on any atom is 0.243 e. The van der Waals surface area contributed by atoms with Crippen LogP contribution in [-0.4, -0.2) is 48.7 Å². The summed E-state index contributed by atoms with van der Waals surface area (Å²) in [6.07, 6.45) is 2.77. The van der Waals surface area contributed by atoms with Crippen LogP contribution in [0, 0.1) is 0 Å². The molecule has 2 aromatic carbocycles. The quantitative estimate of drug-likeness (QED) is 0.532. The maximum absolute atomic E-state index is 12.7. The number of carbonyl (C=O) groups is 1. The van der Waals surface area contributed by atoms with Gasteiger partial charge in [-0.15, -0.1) is 11.3 Å². The van der Waals surface area contributed by atoms with E-state index >= 15 is 0 Å². The Hall–Kier alpha value is -2.29. The van der Waals surface area contributed by atoms with Gasteiger partial charge in [-0.1, -0.05) is 24.3 Å². The molecule has 1 aliphatic heterocycles. The first-order valence-electron chi connectivity index (χ1n) is 10.6. The lowest BCUT2D eigenvalue weighted by atomic mass is 10.1. The third kappa shape index (κ3) is 4.66. The fourth-order valence-corrected chi connectivity index (χ4v) is 6.36. The van der Waals surface area contributed by atoms with Crippen molar-refractivity contribution >= 4 is 37.5 Å². The summed E-state index contributed by atoms with van der Waals surface area (Å²) in [5.41, 5.74) is 1.91. The predicted octanol–water partition coefficient (Wildman–Crippen LogP) is 4.23. The van der Waals surface area contributed by atoms with Crippen LogP contribution < -0.4 is 0 Å². The monoisotopic (exact) mass is 457 g/mol. The number of amides is 1. The van der Waals surface area contributed by atoms with Gasteiger partial charge in [-0.05, 0) is 56.0 Å². The second-order valence-electron chi connectivity index (χ2n) is 7.96. The minimum Gasteiger partial charge on any atom is -0.337 e. The molecule has 0 aliphatic carbocycles.